The predicted molar refractivity (Wildman–Crippen MR) is 136 cm³/mol. The van der Waals surface area contributed by atoms with Crippen molar-refractivity contribution in [2.24, 2.45) is 45.8 Å². The monoisotopic (exact) mass is 518 g/mol. The minimum atomic E-state index is -1.12. The zero-order valence-corrected chi connectivity index (χ0v) is 22.9. The number of ketones is 1. The number of halogens is 1. The van der Waals surface area contributed by atoms with Gasteiger partial charge >= 0.3 is 6.09 Å². The first-order chi connectivity index (χ1) is 17.5. The molecule has 37 heavy (non-hydrogen) atoms. The summed E-state index contributed by atoms with van der Waals surface area (Å²) in [6.45, 7) is 10.7. The van der Waals surface area contributed by atoms with Crippen molar-refractivity contribution in [2.45, 2.75) is 78.4 Å². The second-order valence-corrected chi connectivity index (χ2v) is 13.1. The number of allylic oxidation sites excluding steroid dienone is 1. The molecule has 206 valence electrons. The highest BCUT2D eigenvalue weighted by Crippen LogP contribution is 2.68. The van der Waals surface area contributed by atoms with Gasteiger partial charge in [0, 0.05) is 43.9 Å². The molecule has 2 amide bonds. The molecule has 2 heterocycles. The number of carbonyl (C=O) groups excluding carboxylic acids is 3. The van der Waals surface area contributed by atoms with Crippen LogP contribution in [0.2, 0.25) is 0 Å². The van der Waals surface area contributed by atoms with Crippen LogP contribution in [0.15, 0.2) is 12.4 Å². The van der Waals surface area contributed by atoms with Gasteiger partial charge in [0.05, 0.1) is 23.8 Å². The van der Waals surface area contributed by atoms with Gasteiger partial charge in [-0.25, -0.2) is 9.18 Å². The number of ether oxygens (including phenoxy) is 2. The van der Waals surface area contributed by atoms with E-state index in [1.807, 2.05) is 6.92 Å². The molecule has 3 saturated carbocycles. The molecule has 11 atom stereocenters. The first-order valence-corrected chi connectivity index (χ1v) is 14.1. The van der Waals surface area contributed by atoms with Crippen molar-refractivity contribution >= 4 is 17.8 Å². The van der Waals surface area contributed by atoms with Crippen molar-refractivity contribution in [3.63, 3.8) is 0 Å². The number of alkyl carbamates (subject to hydrolysis) is 1. The van der Waals surface area contributed by atoms with Gasteiger partial charge in [0.15, 0.2) is 0 Å². The number of nitrogens with zero attached hydrogens (tertiary/aromatic N) is 1. The third-order valence-electron chi connectivity index (χ3n) is 11.7. The minimum absolute atomic E-state index is 0.0125. The highest BCUT2D eigenvalue weighted by atomic mass is 19.1. The number of hydrogen-bond donors (Lipinski definition) is 1. The van der Waals surface area contributed by atoms with Crippen molar-refractivity contribution in [1.82, 2.24) is 10.2 Å². The zero-order valence-electron chi connectivity index (χ0n) is 22.9. The second kappa shape index (κ2) is 9.44. The van der Waals surface area contributed by atoms with Crippen molar-refractivity contribution in [1.29, 1.82) is 0 Å². The van der Waals surface area contributed by atoms with Gasteiger partial charge in [-0.3, -0.25) is 14.9 Å². The van der Waals surface area contributed by atoms with Crippen LogP contribution in [0.4, 0.5) is 9.18 Å². The number of methoxy groups -OCH3 is 1. The van der Waals surface area contributed by atoms with Gasteiger partial charge in [0.1, 0.15) is 11.9 Å². The molecule has 0 radical (unpaired) electrons. The van der Waals surface area contributed by atoms with Crippen LogP contribution < -0.4 is 5.32 Å². The Labute approximate surface area is 219 Å². The van der Waals surface area contributed by atoms with Gasteiger partial charge in [-0.05, 0) is 68.9 Å². The van der Waals surface area contributed by atoms with E-state index in [1.54, 1.807) is 14.0 Å². The summed E-state index contributed by atoms with van der Waals surface area (Å²) in [7, 11) is 1.72. The van der Waals surface area contributed by atoms with E-state index >= 15 is 0 Å². The zero-order chi connectivity index (χ0) is 26.8. The number of nitrogens with one attached hydrogen (secondary N) is 1. The molecular formula is C29H43FN2O5. The first-order valence-electron chi connectivity index (χ1n) is 14.1. The first kappa shape index (κ1) is 26.8. The minimum Gasteiger partial charge on any atom is -0.445 e. The quantitative estimate of drug-likeness (QED) is 0.590. The summed E-state index contributed by atoms with van der Waals surface area (Å²) < 4.78 is 25.9. The maximum atomic E-state index is 14.0. The van der Waals surface area contributed by atoms with Crippen LogP contribution in [0.5, 0.6) is 0 Å². The third-order valence-corrected chi connectivity index (χ3v) is 11.7. The van der Waals surface area contributed by atoms with Crippen LogP contribution in [-0.4, -0.2) is 61.6 Å². The fourth-order valence-electron chi connectivity index (χ4n) is 9.33. The summed E-state index contributed by atoms with van der Waals surface area (Å²) in [5.74, 6) is -0.290. The van der Waals surface area contributed by atoms with Crippen LogP contribution in [0, 0.1) is 45.8 Å². The lowest BCUT2D eigenvalue weighted by atomic mass is 9.44. The van der Waals surface area contributed by atoms with Crippen molar-refractivity contribution in [3.05, 3.63) is 12.4 Å². The number of imide groups is 1. The molecule has 0 aromatic heterocycles. The molecule has 2 saturated heterocycles. The molecule has 8 heteroatoms. The highest BCUT2D eigenvalue weighted by molar-refractivity contribution is 5.94. The lowest BCUT2D eigenvalue weighted by Crippen LogP contribution is -2.63. The Hall–Kier alpha value is -1.80. The average Bonchev–Trinajstić information content (AvgIpc) is 3.59. The van der Waals surface area contributed by atoms with Crippen LogP contribution in [0.3, 0.4) is 0 Å². The van der Waals surface area contributed by atoms with Crippen LogP contribution in [-0.2, 0) is 19.1 Å². The lowest BCUT2D eigenvalue weighted by molar-refractivity contribution is -0.189. The molecule has 5 aliphatic rings. The molecule has 5 rings (SSSR count). The molecule has 3 unspecified atom stereocenters. The molecular weight excluding hydrogens is 475 g/mol. The standard InChI is InChI=1S/C29H43FN2O5/c1-17-6-9-29-10-7-21(36-5)23(29)28(17,4)22(14-27(3,11-12-30)24(33)18(29)2)37-26(35)31-25(34)20-16-32-13-8-19(20)15-32/h11-12,17-23H,6-10,13-16H2,1-5H3,(H,31,34,35)/b12-11-/t17-,18+,19-,20+,21-,22-,23?,27-,28+,29?/m1/s1. The Morgan fingerprint density at radius 1 is 1.14 bits per heavy atom. The normalized spacial score (nSPS) is 49.0. The maximum Gasteiger partial charge on any atom is 0.414 e. The summed E-state index contributed by atoms with van der Waals surface area (Å²) in [4.78, 5) is 42.5. The van der Waals surface area contributed by atoms with Gasteiger partial charge in [-0.15, -0.1) is 0 Å². The van der Waals surface area contributed by atoms with E-state index in [0.717, 1.165) is 45.2 Å². The number of fused-ring (bicyclic) bond motifs is 2. The lowest BCUT2D eigenvalue weighted by Gasteiger charge is -2.61. The van der Waals surface area contributed by atoms with Crippen LogP contribution in [0.1, 0.15) is 66.2 Å². The SMILES string of the molecule is CO[C@@H]1CCC23CC[C@@H](C)[C@](C)(C12)[C@H](OC(=O)NC(=O)[C@H]1CN2CC[C@@H]1C2)C[C@@](C)(/C=C\F)C(=O)[C@@H]3C. The van der Waals surface area contributed by atoms with E-state index in [1.165, 1.54) is 6.08 Å². The summed E-state index contributed by atoms with van der Waals surface area (Å²) in [6.07, 6.45) is 4.93. The fourth-order valence-corrected chi connectivity index (χ4v) is 9.33. The smallest absolute Gasteiger partial charge is 0.414 e. The number of carbonyl (C=O) groups is 3. The molecule has 2 aliphatic heterocycles. The fraction of sp³-hybridized carbons (Fsp3) is 0.828. The van der Waals surface area contributed by atoms with E-state index in [4.69, 9.17) is 9.47 Å². The number of piperidine rings is 1. The topological polar surface area (TPSA) is 84.9 Å². The molecule has 4 bridgehead atoms. The Morgan fingerprint density at radius 3 is 2.49 bits per heavy atom. The van der Waals surface area contributed by atoms with Gasteiger partial charge in [-0.2, -0.15) is 0 Å². The van der Waals surface area contributed by atoms with E-state index in [2.05, 4.69) is 24.1 Å². The predicted octanol–water partition coefficient (Wildman–Crippen LogP) is 4.51. The van der Waals surface area contributed by atoms with Crippen molar-refractivity contribution in [3.8, 4) is 0 Å². The number of rotatable bonds is 4. The van der Waals surface area contributed by atoms with E-state index in [-0.39, 0.29) is 59.2 Å². The van der Waals surface area contributed by atoms with Crippen molar-refractivity contribution in [2.75, 3.05) is 26.7 Å². The molecule has 1 N–H and O–H groups in total. The molecule has 3 aliphatic carbocycles. The third kappa shape index (κ3) is 4.00. The number of amides is 2. The average molecular weight is 519 g/mol. The van der Waals surface area contributed by atoms with E-state index in [0.29, 0.717) is 12.9 Å². The maximum absolute atomic E-state index is 14.0. The summed E-state index contributed by atoms with van der Waals surface area (Å²) in [5.41, 5.74) is -1.92. The molecule has 0 aromatic carbocycles. The number of hydrogen-bond acceptors (Lipinski definition) is 6. The highest BCUT2D eigenvalue weighted by Gasteiger charge is 2.68. The van der Waals surface area contributed by atoms with Gasteiger partial charge in [0.25, 0.3) is 0 Å². The second-order valence-electron chi connectivity index (χ2n) is 13.1. The Morgan fingerprint density at radius 2 is 1.86 bits per heavy atom. The summed E-state index contributed by atoms with van der Waals surface area (Å²) in [6, 6.07) is 0. The van der Waals surface area contributed by atoms with E-state index < -0.39 is 23.0 Å². The Bertz CT molecular complexity index is 987. The molecule has 7 nitrogen and oxygen atoms in total. The molecule has 0 spiro atoms. The van der Waals surface area contributed by atoms with Crippen LogP contribution in [0.25, 0.3) is 0 Å². The Balaban J connectivity index is 1.49. The van der Waals surface area contributed by atoms with Crippen molar-refractivity contribution < 1.29 is 28.2 Å². The Kier molecular flexibility index (Phi) is 6.83. The van der Waals surface area contributed by atoms with Crippen LogP contribution >= 0.6 is 0 Å². The molecule has 5 fully saturated rings. The summed E-state index contributed by atoms with van der Waals surface area (Å²) >= 11 is 0. The summed E-state index contributed by atoms with van der Waals surface area (Å²) in [5, 5.41) is 2.52. The van der Waals surface area contributed by atoms with E-state index in [9.17, 15) is 18.8 Å². The van der Waals surface area contributed by atoms with Gasteiger partial charge < -0.3 is 14.4 Å². The van der Waals surface area contributed by atoms with Gasteiger partial charge in [0.2, 0.25) is 5.91 Å². The largest absolute Gasteiger partial charge is 0.445 e. The number of Topliss-reactive ketones (excluding diaryl/α,β-unsaturated/α-hetero) is 1. The molecule has 0 aromatic rings. The van der Waals surface area contributed by atoms with Gasteiger partial charge in [-0.1, -0.05) is 20.8 Å².